The Morgan fingerprint density at radius 2 is 1.82 bits per heavy atom. The van der Waals surface area contributed by atoms with Crippen LogP contribution in [-0.4, -0.2) is 16.8 Å². The maximum atomic E-state index is 12.6. The van der Waals surface area contributed by atoms with E-state index in [1.165, 1.54) is 12.1 Å². The molecule has 2 rings (SSSR count). The summed E-state index contributed by atoms with van der Waals surface area (Å²) in [6.07, 6.45) is -0.221. The van der Waals surface area contributed by atoms with Crippen LogP contribution in [0.5, 0.6) is 5.75 Å². The molecule has 2 aromatic carbocycles. The fraction of sp³-hybridized carbons (Fsp3) is 0.235. The van der Waals surface area contributed by atoms with Gasteiger partial charge < -0.3 is 4.74 Å². The van der Waals surface area contributed by atoms with Crippen molar-refractivity contribution in [3.05, 3.63) is 69.3 Å². The van der Waals surface area contributed by atoms with E-state index < -0.39 is 4.92 Å². The average molecular weight is 299 g/mol. The molecule has 0 aliphatic rings. The second-order valence-electron chi connectivity index (χ2n) is 5.25. The molecule has 0 aromatic heterocycles. The van der Waals surface area contributed by atoms with Crippen LogP contribution < -0.4 is 4.74 Å². The first-order valence-corrected chi connectivity index (χ1v) is 6.95. The molecular formula is C17H17NO4. The summed E-state index contributed by atoms with van der Waals surface area (Å²) in [4.78, 5) is 23.2. The molecule has 0 saturated heterocycles. The molecule has 0 N–H and O–H groups in total. The van der Waals surface area contributed by atoms with Crippen molar-refractivity contribution >= 4 is 11.5 Å². The van der Waals surface area contributed by atoms with Gasteiger partial charge in [-0.3, -0.25) is 14.9 Å². The first kappa shape index (κ1) is 15.7. The zero-order valence-electron chi connectivity index (χ0n) is 12.7. The lowest BCUT2D eigenvalue weighted by Crippen LogP contribution is -2.10. The van der Waals surface area contributed by atoms with Gasteiger partial charge in [0.1, 0.15) is 0 Å². The van der Waals surface area contributed by atoms with Gasteiger partial charge in [0.05, 0.1) is 11.0 Å². The highest BCUT2D eigenvalue weighted by molar-refractivity contribution is 6.10. The van der Waals surface area contributed by atoms with Crippen LogP contribution in [0.25, 0.3) is 0 Å². The fourth-order valence-electron chi connectivity index (χ4n) is 2.15. The summed E-state index contributed by atoms with van der Waals surface area (Å²) in [5.74, 6) is -0.0634. The molecule has 0 atom stereocenters. The second kappa shape index (κ2) is 6.39. The van der Waals surface area contributed by atoms with E-state index in [1.807, 2.05) is 6.07 Å². The molecule has 5 heteroatoms. The van der Waals surface area contributed by atoms with Crippen molar-refractivity contribution in [3.8, 4) is 5.75 Å². The number of benzene rings is 2. The highest BCUT2D eigenvalue weighted by Crippen LogP contribution is 2.32. The van der Waals surface area contributed by atoms with Crippen LogP contribution in [-0.2, 0) is 0 Å². The van der Waals surface area contributed by atoms with E-state index in [0.29, 0.717) is 16.7 Å². The molecule has 0 amide bonds. The number of hydrogen-bond acceptors (Lipinski definition) is 4. The van der Waals surface area contributed by atoms with Gasteiger partial charge in [0.15, 0.2) is 11.5 Å². The summed E-state index contributed by atoms with van der Waals surface area (Å²) in [5, 5.41) is 11.1. The standard InChI is InChI=1S/C17H17NO4/c1-11(2)22-16-10-14(12(3)9-15(16)18(20)21)17(19)13-7-5-4-6-8-13/h4-11H,1-3H3. The van der Waals surface area contributed by atoms with Crippen molar-refractivity contribution in [2.24, 2.45) is 0 Å². The first-order chi connectivity index (χ1) is 10.4. The summed E-state index contributed by atoms with van der Waals surface area (Å²) in [6, 6.07) is 11.7. The number of aryl methyl sites for hydroxylation is 1. The molecule has 0 saturated carbocycles. The van der Waals surface area contributed by atoms with Crippen LogP contribution in [0.3, 0.4) is 0 Å². The van der Waals surface area contributed by atoms with Gasteiger partial charge in [0.25, 0.3) is 0 Å². The number of ether oxygens (including phenoxy) is 1. The van der Waals surface area contributed by atoms with E-state index in [4.69, 9.17) is 4.74 Å². The molecule has 0 fully saturated rings. The molecule has 0 unspecified atom stereocenters. The quantitative estimate of drug-likeness (QED) is 0.476. The Labute approximate surface area is 128 Å². The Bertz CT molecular complexity index is 708. The van der Waals surface area contributed by atoms with Gasteiger partial charge in [0.2, 0.25) is 0 Å². The number of nitro benzene ring substituents is 1. The topological polar surface area (TPSA) is 69.4 Å². The Morgan fingerprint density at radius 3 is 2.36 bits per heavy atom. The van der Waals surface area contributed by atoms with Crippen molar-refractivity contribution in [2.45, 2.75) is 26.9 Å². The second-order valence-corrected chi connectivity index (χ2v) is 5.25. The Balaban J connectivity index is 2.53. The van der Waals surface area contributed by atoms with Crippen LogP contribution in [0.15, 0.2) is 42.5 Å². The molecule has 5 nitrogen and oxygen atoms in total. The molecule has 0 bridgehead atoms. The summed E-state index contributed by atoms with van der Waals surface area (Å²) in [7, 11) is 0. The third-order valence-corrected chi connectivity index (χ3v) is 3.15. The van der Waals surface area contributed by atoms with Crippen LogP contribution in [0.4, 0.5) is 5.69 Å². The van der Waals surface area contributed by atoms with Gasteiger partial charge in [-0.2, -0.15) is 0 Å². The van der Waals surface area contributed by atoms with Gasteiger partial charge in [-0.1, -0.05) is 30.3 Å². The summed E-state index contributed by atoms with van der Waals surface area (Å²) in [5.41, 5.74) is 1.37. The number of hydrogen-bond donors (Lipinski definition) is 0. The van der Waals surface area contributed by atoms with E-state index in [9.17, 15) is 14.9 Å². The summed E-state index contributed by atoms with van der Waals surface area (Å²) in [6.45, 7) is 5.24. The first-order valence-electron chi connectivity index (χ1n) is 6.95. The minimum Gasteiger partial charge on any atom is -0.484 e. The number of carbonyl (C=O) groups is 1. The van der Waals surface area contributed by atoms with Gasteiger partial charge in [0, 0.05) is 17.2 Å². The maximum absolute atomic E-state index is 12.6. The molecular weight excluding hydrogens is 282 g/mol. The molecule has 0 aliphatic heterocycles. The van der Waals surface area contributed by atoms with Gasteiger partial charge in [-0.05, 0) is 32.4 Å². The molecule has 114 valence electrons. The minimum absolute atomic E-state index is 0.116. The Morgan fingerprint density at radius 1 is 1.18 bits per heavy atom. The molecule has 0 heterocycles. The lowest BCUT2D eigenvalue weighted by Gasteiger charge is -2.13. The number of ketones is 1. The van der Waals surface area contributed by atoms with Crippen LogP contribution >= 0.6 is 0 Å². The number of nitro groups is 1. The van der Waals surface area contributed by atoms with E-state index in [-0.39, 0.29) is 23.3 Å². The fourth-order valence-corrected chi connectivity index (χ4v) is 2.15. The third-order valence-electron chi connectivity index (χ3n) is 3.15. The predicted octanol–water partition coefficient (Wildman–Crippen LogP) is 3.92. The lowest BCUT2D eigenvalue weighted by molar-refractivity contribution is -0.386. The zero-order chi connectivity index (χ0) is 16.3. The molecule has 0 spiro atoms. The van der Waals surface area contributed by atoms with Crippen LogP contribution in [0, 0.1) is 17.0 Å². The minimum atomic E-state index is -0.499. The highest BCUT2D eigenvalue weighted by atomic mass is 16.6. The van der Waals surface area contributed by atoms with Crippen LogP contribution in [0.2, 0.25) is 0 Å². The summed E-state index contributed by atoms with van der Waals surface area (Å²) >= 11 is 0. The Kier molecular flexibility index (Phi) is 4.56. The number of nitrogens with zero attached hydrogens (tertiary/aromatic N) is 1. The van der Waals surface area contributed by atoms with E-state index >= 15 is 0 Å². The van der Waals surface area contributed by atoms with Gasteiger partial charge in [-0.25, -0.2) is 0 Å². The monoisotopic (exact) mass is 299 g/mol. The highest BCUT2D eigenvalue weighted by Gasteiger charge is 2.22. The van der Waals surface area contributed by atoms with Gasteiger partial charge in [-0.15, -0.1) is 0 Å². The number of rotatable bonds is 5. The average Bonchev–Trinajstić information content (AvgIpc) is 2.48. The van der Waals surface area contributed by atoms with E-state index in [2.05, 4.69) is 0 Å². The zero-order valence-corrected chi connectivity index (χ0v) is 12.7. The maximum Gasteiger partial charge on any atom is 0.311 e. The number of carbonyl (C=O) groups excluding carboxylic acids is 1. The van der Waals surface area contributed by atoms with E-state index in [0.717, 1.165) is 0 Å². The SMILES string of the molecule is Cc1cc([N+](=O)[O-])c(OC(C)C)cc1C(=O)c1ccccc1. The lowest BCUT2D eigenvalue weighted by atomic mass is 9.98. The molecule has 22 heavy (non-hydrogen) atoms. The van der Waals surface area contributed by atoms with Crippen molar-refractivity contribution in [1.29, 1.82) is 0 Å². The van der Waals surface area contributed by atoms with Crippen molar-refractivity contribution < 1.29 is 14.5 Å². The Hall–Kier alpha value is -2.69. The molecule has 0 aliphatic carbocycles. The molecule has 2 aromatic rings. The van der Waals surface area contributed by atoms with Crippen molar-refractivity contribution in [2.75, 3.05) is 0 Å². The predicted molar refractivity (Wildman–Crippen MR) is 83.5 cm³/mol. The molecule has 0 radical (unpaired) electrons. The smallest absolute Gasteiger partial charge is 0.311 e. The largest absolute Gasteiger partial charge is 0.484 e. The summed E-state index contributed by atoms with van der Waals surface area (Å²) < 4.78 is 5.49. The van der Waals surface area contributed by atoms with Crippen molar-refractivity contribution in [1.82, 2.24) is 0 Å². The van der Waals surface area contributed by atoms with Crippen molar-refractivity contribution in [3.63, 3.8) is 0 Å². The van der Waals surface area contributed by atoms with Gasteiger partial charge >= 0.3 is 5.69 Å². The van der Waals surface area contributed by atoms with E-state index in [1.54, 1.807) is 45.0 Å². The van der Waals surface area contributed by atoms with Crippen LogP contribution in [0.1, 0.15) is 35.3 Å². The third kappa shape index (κ3) is 3.31. The normalized spacial score (nSPS) is 10.5.